The molecule has 0 saturated carbocycles. The average Bonchev–Trinajstić information content (AvgIpc) is 3.43. The summed E-state index contributed by atoms with van der Waals surface area (Å²) >= 11 is 2.77. The molecule has 0 saturated heterocycles. The number of furan rings is 1. The number of carbonyl (C=O) groups is 1. The highest BCUT2D eigenvalue weighted by Crippen LogP contribution is 2.33. The van der Waals surface area contributed by atoms with Crippen molar-refractivity contribution in [3.8, 4) is 0 Å². The molecule has 0 spiro atoms. The lowest BCUT2D eigenvalue weighted by Crippen LogP contribution is -2.39. The third-order valence-electron chi connectivity index (χ3n) is 4.66. The Balaban J connectivity index is 1.90. The highest BCUT2D eigenvalue weighted by atomic mass is 32.1. The highest BCUT2D eigenvalue weighted by Gasteiger charge is 2.33. The van der Waals surface area contributed by atoms with Gasteiger partial charge in [-0.15, -0.1) is 11.3 Å². The van der Waals surface area contributed by atoms with Crippen molar-refractivity contribution in [3.05, 3.63) is 71.2 Å². The Labute approximate surface area is 180 Å². The molecule has 0 amide bonds. The van der Waals surface area contributed by atoms with Crippen molar-refractivity contribution in [2.24, 2.45) is 4.99 Å². The van der Waals surface area contributed by atoms with Gasteiger partial charge in [0.25, 0.3) is 5.56 Å². The lowest BCUT2D eigenvalue weighted by molar-refractivity contribution is -0.139. The Morgan fingerprint density at radius 3 is 2.80 bits per heavy atom. The maximum Gasteiger partial charge on any atom is 0.338 e. The fraction of sp³-hybridized carbons (Fsp3) is 0.286. The quantitative estimate of drug-likeness (QED) is 0.567. The van der Waals surface area contributed by atoms with Crippen LogP contribution in [0.25, 0.3) is 6.08 Å². The maximum atomic E-state index is 13.4. The molecule has 1 aliphatic heterocycles. The number of nitrogens with zero attached hydrogens (tertiary/aromatic N) is 3. The number of ether oxygens (including phenoxy) is 1. The number of esters is 1. The third kappa shape index (κ3) is 3.54. The Morgan fingerprint density at radius 2 is 2.17 bits per heavy atom. The number of anilines is 1. The number of carbonyl (C=O) groups excluding carboxylic acids is 1. The highest BCUT2D eigenvalue weighted by molar-refractivity contribution is 7.10. The van der Waals surface area contributed by atoms with Crippen LogP contribution in [0.1, 0.15) is 30.5 Å². The normalized spacial score (nSPS) is 16.4. The van der Waals surface area contributed by atoms with Crippen molar-refractivity contribution < 1.29 is 13.9 Å². The summed E-state index contributed by atoms with van der Waals surface area (Å²) in [6.07, 6.45) is 1.71. The molecule has 156 valence electrons. The summed E-state index contributed by atoms with van der Waals surface area (Å²) in [6.45, 7) is 3.79. The van der Waals surface area contributed by atoms with Crippen LogP contribution < -0.4 is 19.8 Å². The van der Waals surface area contributed by atoms with Gasteiger partial charge in [-0.3, -0.25) is 9.36 Å². The fourth-order valence-corrected chi connectivity index (χ4v) is 5.15. The van der Waals surface area contributed by atoms with E-state index in [-0.39, 0.29) is 12.2 Å². The monoisotopic (exact) mass is 443 g/mol. The summed E-state index contributed by atoms with van der Waals surface area (Å²) < 4.78 is 13.1. The first kappa shape index (κ1) is 20.4. The van der Waals surface area contributed by atoms with Gasteiger partial charge >= 0.3 is 5.97 Å². The van der Waals surface area contributed by atoms with Crippen LogP contribution in [0, 0.1) is 0 Å². The Hall–Kier alpha value is -2.91. The van der Waals surface area contributed by atoms with E-state index < -0.39 is 12.0 Å². The second kappa shape index (κ2) is 8.08. The topological polar surface area (TPSA) is 77.0 Å². The van der Waals surface area contributed by atoms with Gasteiger partial charge in [-0.05, 0) is 31.4 Å². The smallest absolute Gasteiger partial charge is 0.338 e. The summed E-state index contributed by atoms with van der Waals surface area (Å²) in [5.41, 5.74) is 0.743. The maximum absolute atomic E-state index is 13.4. The minimum atomic E-state index is -0.559. The molecule has 7 nitrogen and oxygen atoms in total. The largest absolute Gasteiger partial charge is 0.463 e. The van der Waals surface area contributed by atoms with Gasteiger partial charge in [-0.2, -0.15) is 0 Å². The standard InChI is InChI=1S/C21H21N3O4S2/c1-5-27-20(26)17-12(2)22-21-24(18(17)14-7-6-10-29-14)19(25)15(30-21)11-13-8-9-16(28-13)23(3)4/h6-11,18H,5H2,1-4H3/t18-/m1/s1. The molecule has 0 unspecified atom stereocenters. The van der Waals surface area contributed by atoms with Gasteiger partial charge in [0.1, 0.15) is 11.8 Å². The van der Waals surface area contributed by atoms with Crippen LogP contribution in [-0.2, 0) is 9.53 Å². The van der Waals surface area contributed by atoms with E-state index in [0.29, 0.717) is 32.2 Å². The van der Waals surface area contributed by atoms with Gasteiger partial charge in [0.05, 0.1) is 22.4 Å². The second-order valence-corrected chi connectivity index (χ2v) is 8.88. The SMILES string of the molecule is CCOC(=O)C1=C(C)N=c2sc(=Cc3ccc(N(C)C)o3)c(=O)n2[C@@H]1c1cccs1. The summed E-state index contributed by atoms with van der Waals surface area (Å²) in [6, 6.07) is 6.93. The molecular weight excluding hydrogens is 422 g/mol. The van der Waals surface area contributed by atoms with Gasteiger partial charge in [0.15, 0.2) is 10.7 Å². The van der Waals surface area contributed by atoms with Gasteiger partial charge < -0.3 is 14.1 Å². The number of aromatic nitrogens is 1. The zero-order valence-electron chi connectivity index (χ0n) is 17.0. The van der Waals surface area contributed by atoms with Crippen LogP contribution >= 0.6 is 22.7 Å². The number of rotatable bonds is 5. The number of hydrogen-bond donors (Lipinski definition) is 0. The van der Waals surface area contributed by atoms with E-state index in [0.717, 1.165) is 4.88 Å². The van der Waals surface area contributed by atoms with Crippen molar-refractivity contribution in [1.29, 1.82) is 0 Å². The Bertz CT molecular complexity index is 1290. The Kier molecular flexibility index (Phi) is 5.48. The second-order valence-electron chi connectivity index (χ2n) is 6.89. The number of thiazole rings is 1. The van der Waals surface area contributed by atoms with E-state index in [2.05, 4.69) is 4.99 Å². The first-order valence-electron chi connectivity index (χ1n) is 9.41. The molecule has 1 aliphatic rings. The first-order valence-corrected chi connectivity index (χ1v) is 11.1. The fourth-order valence-electron chi connectivity index (χ4n) is 3.30. The first-order chi connectivity index (χ1) is 14.4. The van der Waals surface area contributed by atoms with E-state index >= 15 is 0 Å². The van der Waals surface area contributed by atoms with E-state index in [4.69, 9.17) is 9.15 Å². The third-order valence-corrected chi connectivity index (χ3v) is 6.56. The van der Waals surface area contributed by atoms with Gasteiger partial charge in [0.2, 0.25) is 0 Å². The predicted octanol–water partition coefficient (Wildman–Crippen LogP) is 2.52. The predicted molar refractivity (Wildman–Crippen MR) is 118 cm³/mol. The van der Waals surface area contributed by atoms with Crippen LogP contribution in [0.5, 0.6) is 0 Å². The molecule has 3 aromatic rings. The molecule has 1 atom stereocenters. The van der Waals surface area contributed by atoms with Crippen LogP contribution in [0.15, 0.2) is 55.1 Å². The molecule has 0 aliphatic carbocycles. The lowest BCUT2D eigenvalue weighted by atomic mass is 10.0. The number of fused-ring (bicyclic) bond motifs is 1. The summed E-state index contributed by atoms with van der Waals surface area (Å²) in [5, 5.41) is 1.93. The molecule has 0 bridgehead atoms. The van der Waals surface area contributed by atoms with Crippen molar-refractivity contribution in [2.75, 3.05) is 25.6 Å². The van der Waals surface area contributed by atoms with Crippen LogP contribution in [0.4, 0.5) is 5.88 Å². The molecule has 0 N–H and O–H groups in total. The average molecular weight is 444 g/mol. The van der Waals surface area contributed by atoms with Gasteiger partial charge in [-0.1, -0.05) is 17.4 Å². The minimum Gasteiger partial charge on any atom is -0.463 e. The molecular formula is C21H21N3O4S2. The molecule has 0 fully saturated rings. The van der Waals surface area contributed by atoms with Crippen LogP contribution in [0.2, 0.25) is 0 Å². The molecule has 4 heterocycles. The summed E-state index contributed by atoms with van der Waals surface area (Å²) in [7, 11) is 3.77. The zero-order chi connectivity index (χ0) is 21.4. The molecule has 3 aromatic heterocycles. The van der Waals surface area contributed by atoms with E-state index in [1.165, 1.54) is 22.7 Å². The van der Waals surface area contributed by atoms with Crippen molar-refractivity contribution in [2.45, 2.75) is 19.9 Å². The molecule has 30 heavy (non-hydrogen) atoms. The minimum absolute atomic E-state index is 0.214. The van der Waals surface area contributed by atoms with E-state index in [1.54, 1.807) is 24.5 Å². The van der Waals surface area contributed by atoms with E-state index in [1.807, 2.05) is 48.6 Å². The summed E-state index contributed by atoms with van der Waals surface area (Å²) in [4.78, 5) is 33.9. The zero-order valence-corrected chi connectivity index (χ0v) is 18.7. The number of allylic oxidation sites excluding steroid dienone is 1. The molecule has 0 radical (unpaired) electrons. The van der Waals surface area contributed by atoms with Gasteiger partial charge in [0, 0.05) is 31.1 Å². The molecule has 4 rings (SSSR count). The van der Waals surface area contributed by atoms with Crippen molar-refractivity contribution in [3.63, 3.8) is 0 Å². The molecule has 9 heteroatoms. The lowest BCUT2D eigenvalue weighted by Gasteiger charge is -2.23. The van der Waals surface area contributed by atoms with Crippen LogP contribution in [0.3, 0.4) is 0 Å². The summed E-state index contributed by atoms with van der Waals surface area (Å²) in [5.74, 6) is 0.831. The Morgan fingerprint density at radius 1 is 1.37 bits per heavy atom. The van der Waals surface area contributed by atoms with Gasteiger partial charge in [-0.25, -0.2) is 9.79 Å². The van der Waals surface area contributed by atoms with Crippen LogP contribution in [-0.4, -0.2) is 31.2 Å². The number of hydrogen-bond acceptors (Lipinski definition) is 8. The number of thiophene rings is 1. The van der Waals surface area contributed by atoms with Crippen molar-refractivity contribution >= 4 is 40.6 Å². The van der Waals surface area contributed by atoms with E-state index in [9.17, 15) is 9.59 Å². The molecule has 0 aromatic carbocycles. The van der Waals surface area contributed by atoms with Crippen molar-refractivity contribution in [1.82, 2.24) is 4.57 Å².